The highest BCUT2D eigenvalue weighted by atomic mass is 79.9. The molecule has 2 rings (SSSR count). The van der Waals surface area contributed by atoms with Crippen LogP contribution in [0.4, 0.5) is 0 Å². The zero-order valence-electron chi connectivity index (χ0n) is 8.17. The Balaban J connectivity index is 2.21. The monoisotopic (exact) mass is 383 g/mol. The molecule has 0 aliphatic heterocycles. The number of thiophene rings is 1. The van der Waals surface area contributed by atoms with E-state index < -0.39 is 0 Å². The second-order valence-corrected chi connectivity index (χ2v) is 7.28. The van der Waals surface area contributed by atoms with Crippen molar-refractivity contribution in [3.8, 4) is 11.3 Å². The molecule has 0 aromatic carbocycles. The summed E-state index contributed by atoms with van der Waals surface area (Å²) in [4.78, 5) is 4.22. The quantitative estimate of drug-likeness (QED) is 0.685. The van der Waals surface area contributed by atoms with Crippen molar-refractivity contribution in [3.63, 3.8) is 0 Å². The summed E-state index contributed by atoms with van der Waals surface area (Å²) >= 11 is 14.2. The highest BCUT2D eigenvalue weighted by molar-refractivity contribution is 9.12. The maximum Gasteiger partial charge on any atom is 0.194 e. The van der Waals surface area contributed by atoms with Crippen molar-refractivity contribution in [2.24, 2.45) is 0 Å². The summed E-state index contributed by atoms with van der Waals surface area (Å²) in [5.74, 6) is 2.16. The summed E-state index contributed by atoms with van der Waals surface area (Å²) in [6.45, 7) is 0. The Labute approximate surface area is 119 Å². The smallest absolute Gasteiger partial charge is 0.194 e. The molecular formula is C10H8Br2ClNOS. The van der Waals surface area contributed by atoms with E-state index in [1.165, 1.54) is 0 Å². The Morgan fingerprint density at radius 2 is 2.25 bits per heavy atom. The molecule has 2 aromatic heterocycles. The van der Waals surface area contributed by atoms with Crippen LogP contribution in [0.5, 0.6) is 0 Å². The molecule has 0 spiro atoms. The van der Waals surface area contributed by atoms with Crippen LogP contribution in [0.2, 0.25) is 0 Å². The van der Waals surface area contributed by atoms with Gasteiger partial charge in [-0.15, -0.1) is 22.9 Å². The van der Waals surface area contributed by atoms with Crippen LogP contribution in [0.1, 0.15) is 12.3 Å². The Morgan fingerprint density at radius 3 is 2.88 bits per heavy atom. The van der Waals surface area contributed by atoms with E-state index in [0.717, 1.165) is 37.6 Å². The molecule has 2 nitrogen and oxygen atoms in total. The van der Waals surface area contributed by atoms with E-state index in [1.807, 2.05) is 6.07 Å². The highest BCUT2D eigenvalue weighted by Crippen LogP contribution is 2.38. The van der Waals surface area contributed by atoms with Gasteiger partial charge in [0.1, 0.15) is 0 Å². The Kier molecular flexibility index (Phi) is 4.47. The first kappa shape index (κ1) is 12.6. The zero-order valence-corrected chi connectivity index (χ0v) is 12.9. The normalized spacial score (nSPS) is 10.9. The number of aromatic nitrogens is 1. The molecule has 86 valence electrons. The van der Waals surface area contributed by atoms with Gasteiger partial charge in [0.15, 0.2) is 11.7 Å². The first-order valence-electron chi connectivity index (χ1n) is 4.66. The minimum absolute atomic E-state index is 0.630. The fourth-order valence-electron chi connectivity index (χ4n) is 1.28. The molecule has 0 saturated carbocycles. The van der Waals surface area contributed by atoms with Crippen LogP contribution in [0.15, 0.2) is 24.3 Å². The molecular weight excluding hydrogens is 377 g/mol. The number of hydrogen-bond acceptors (Lipinski definition) is 3. The van der Waals surface area contributed by atoms with E-state index >= 15 is 0 Å². The first-order chi connectivity index (χ1) is 7.70. The van der Waals surface area contributed by atoms with E-state index in [2.05, 4.69) is 36.8 Å². The number of nitrogens with zero attached hydrogens (tertiary/aromatic N) is 1. The van der Waals surface area contributed by atoms with Crippen LogP contribution in [0.25, 0.3) is 11.3 Å². The lowest BCUT2D eigenvalue weighted by Crippen LogP contribution is -1.84. The number of aryl methyl sites for hydroxylation is 1. The minimum atomic E-state index is 0.630. The summed E-state index contributed by atoms with van der Waals surface area (Å²) < 4.78 is 7.76. The van der Waals surface area contributed by atoms with E-state index in [0.29, 0.717) is 5.88 Å². The predicted molar refractivity (Wildman–Crippen MR) is 74.3 cm³/mol. The van der Waals surface area contributed by atoms with Gasteiger partial charge < -0.3 is 4.42 Å². The summed E-state index contributed by atoms with van der Waals surface area (Å²) in [7, 11) is 0. The van der Waals surface area contributed by atoms with Crippen LogP contribution in [-0.4, -0.2) is 10.9 Å². The van der Waals surface area contributed by atoms with E-state index in [9.17, 15) is 0 Å². The molecule has 0 bridgehead atoms. The van der Waals surface area contributed by atoms with Crippen molar-refractivity contribution < 1.29 is 4.42 Å². The fraction of sp³-hybridized carbons (Fsp3) is 0.300. The minimum Gasteiger partial charge on any atom is -0.441 e. The van der Waals surface area contributed by atoms with Crippen LogP contribution < -0.4 is 0 Å². The van der Waals surface area contributed by atoms with Gasteiger partial charge in [0.25, 0.3) is 0 Å². The molecule has 0 N–H and O–H groups in total. The Hall–Kier alpha value is 0.160. The number of halogens is 3. The number of alkyl halides is 1. The summed E-state index contributed by atoms with van der Waals surface area (Å²) in [6, 6.07) is 2.01. The van der Waals surface area contributed by atoms with Crippen LogP contribution in [0.3, 0.4) is 0 Å². The molecule has 0 unspecified atom stereocenters. The highest BCUT2D eigenvalue weighted by Gasteiger charge is 2.12. The Morgan fingerprint density at radius 1 is 1.44 bits per heavy atom. The maximum atomic E-state index is 5.65. The molecule has 6 heteroatoms. The van der Waals surface area contributed by atoms with Crippen molar-refractivity contribution in [1.29, 1.82) is 0 Å². The molecule has 0 radical (unpaired) electrons. The van der Waals surface area contributed by atoms with Gasteiger partial charge in [-0.05, 0) is 44.3 Å². The van der Waals surface area contributed by atoms with Crippen LogP contribution in [0, 0.1) is 0 Å². The standard InChI is InChI=1S/C10H8Br2ClNOS/c11-8-4-6(10(12)16-8)7-5-14-9(15-7)2-1-3-13/h4-5H,1-3H2. The molecule has 2 aromatic rings. The SMILES string of the molecule is ClCCCc1ncc(-c2cc(Br)sc2Br)o1. The van der Waals surface area contributed by atoms with Crippen molar-refractivity contribution >= 4 is 54.8 Å². The number of hydrogen-bond donors (Lipinski definition) is 0. The largest absolute Gasteiger partial charge is 0.441 e. The van der Waals surface area contributed by atoms with Crippen LogP contribution >= 0.6 is 54.8 Å². The van der Waals surface area contributed by atoms with Gasteiger partial charge in [0.05, 0.1) is 13.8 Å². The lowest BCUT2D eigenvalue weighted by Gasteiger charge is -1.92. The molecule has 0 amide bonds. The molecule has 0 aliphatic rings. The van der Waals surface area contributed by atoms with Crippen LogP contribution in [-0.2, 0) is 6.42 Å². The maximum absolute atomic E-state index is 5.65. The lowest BCUT2D eigenvalue weighted by atomic mass is 10.3. The summed E-state index contributed by atoms with van der Waals surface area (Å²) in [5, 5.41) is 0. The van der Waals surface area contributed by atoms with Gasteiger partial charge in [0.2, 0.25) is 0 Å². The zero-order chi connectivity index (χ0) is 11.5. The first-order valence-corrected chi connectivity index (χ1v) is 7.60. The van der Waals surface area contributed by atoms with E-state index in [-0.39, 0.29) is 0 Å². The molecule has 0 saturated heterocycles. The second kappa shape index (κ2) is 5.67. The molecule has 0 fully saturated rings. The van der Waals surface area contributed by atoms with Crippen molar-refractivity contribution in [2.45, 2.75) is 12.8 Å². The number of oxazole rings is 1. The van der Waals surface area contributed by atoms with E-state index in [4.69, 9.17) is 16.0 Å². The molecule has 16 heavy (non-hydrogen) atoms. The van der Waals surface area contributed by atoms with Crippen molar-refractivity contribution in [3.05, 3.63) is 25.7 Å². The van der Waals surface area contributed by atoms with Crippen molar-refractivity contribution in [2.75, 3.05) is 5.88 Å². The van der Waals surface area contributed by atoms with E-state index in [1.54, 1.807) is 17.5 Å². The van der Waals surface area contributed by atoms with Gasteiger partial charge in [-0.1, -0.05) is 0 Å². The molecule has 2 heterocycles. The van der Waals surface area contributed by atoms with Gasteiger partial charge in [-0.25, -0.2) is 4.98 Å². The molecule has 0 atom stereocenters. The topological polar surface area (TPSA) is 26.0 Å². The third-order valence-corrected chi connectivity index (χ3v) is 4.61. The van der Waals surface area contributed by atoms with Gasteiger partial charge in [0, 0.05) is 17.9 Å². The summed E-state index contributed by atoms with van der Waals surface area (Å²) in [5.41, 5.74) is 1.03. The fourth-order valence-corrected chi connectivity index (χ4v) is 4.23. The van der Waals surface area contributed by atoms with Gasteiger partial charge >= 0.3 is 0 Å². The average Bonchev–Trinajstić information content (AvgIpc) is 2.82. The third kappa shape index (κ3) is 2.88. The lowest BCUT2D eigenvalue weighted by molar-refractivity contribution is 0.503. The molecule has 0 aliphatic carbocycles. The summed E-state index contributed by atoms with van der Waals surface area (Å²) in [6.07, 6.45) is 3.42. The number of rotatable bonds is 4. The van der Waals surface area contributed by atoms with Gasteiger partial charge in [-0.2, -0.15) is 0 Å². The third-order valence-electron chi connectivity index (χ3n) is 2.00. The average molecular weight is 386 g/mol. The predicted octanol–water partition coefficient (Wildman–Crippen LogP) is 5.10. The van der Waals surface area contributed by atoms with Crippen molar-refractivity contribution in [1.82, 2.24) is 4.98 Å². The second-order valence-electron chi connectivity index (χ2n) is 3.15. The Bertz CT molecular complexity index is 483. The van der Waals surface area contributed by atoms with Gasteiger partial charge in [-0.3, -0.25) is 0 Å².